The SMILES string of the molecule is NC(=O)CCC(N)C(=O)NC(CO)C(=O)NC(Cc1ccccc1)C(=O)NC(CC(N)=O)C(=O)O. The van der Waals surface area contributed by atoms with Gasteiger partial charge in [0.05, 0.1) is 19.1 Å². The van der Waals surface area contributed by atoms with Gasteiger partial charge in [0.15, 0.2) is 0 Å². The molecule has 0 saturated carbocycles. The molecule has 0 aliphatic heterocycles. The lowest BCUT2D eigenvalue weighted by molar-refractivity contribution is -0.143. The van der Waals surface area contributed by atoms with Crippen LogP contribution in [0.4, 0.5) is 0 Å². The van der Waals surface area contributed by atoms with E-state index >= 15 is 0 Å². The number of carbonyl (C=O) groups is 6. The molecule has 35 heavy (non-hydrogen) atoms. The minimum atomic E-state index is -1.63. The number of amides is 5. The van der Waals surface area contributed by atoms with Gasteiger partial charge in [0, 0.05) is 12.8 Å². The number of hydrogen-bond acceptors (Lipinski definition) is 8. The molecule has 0 saturated heterocycles. The summed E-state index contributed by atoms with van der Waals surface area (Å²) >= 11 is 0. The van der Waals surface area contributed by atoms with Crippen LogP contribution in [-0.2, 0) is 35.2 Å². The molecule has 4 unspecified atom stereocenters. The number of aliphatic hydroxyl groups is 1. The molecule has 5 amide bonds. The molecule has 4 atom stereocenters. The van der Waals surface area contributed by atoms with E-state index in [2.05, 4.69) is 16.0 Å². The van der Waals surface area contributed by atoms with Gasteiger partial charge < -0.3 is 43.4 Å². The third kappa shape index (κ3) is 10.6. The number of aliphatic hydroxyl groups excluding tert-OH is 1. The maximum absolute atomic E-state index is 12.8. The molecule has 1 aromatic rings. The van der Waals surface area contributed by atoms with E-state index in [9.17, 15) is 39.0 Å². The fourth-order valence-corrected chi connectivity index (χ4v) is 2.91. The Kier molecular flexibility index (Phi) is 11.8. The average molecular weight is 495 g/mol. The van der Waals surface area contributed by atoms with Crippen LogP contribution in [0.5, 0.6) is 0 Å². The molecule has 0 bridgehead atoms. The second kappa shape index (κ2) is 14.3. The summed E-state index contributed by atoms with van der Waals surface area (Å²) in [5.74, 6) is -5.87. The quantitative estimate of drug-likeness (QED) is 0.119. The Balaban J connectivity index is 2.99. The van der Waals surface area contributed by atoms with E-state index in [0.29, 0.717) is 5.56 Å². The fourth-order valence-electron chi connectivity index (χ4n) is 2.91. The number of carboxylic acid groups (broad SMARTS) is 1. The molecule has 0 heterocycles. The van der Waals surface area contributed by atoms with E-state index in [0.717, 1.165) is 0 Å². The molecule has 0 aliphatic carbocycles. The predicted molar refractivity (Wildman–Crippen MR) is 121 cm³/mol. The van der Waals surface area contributed by atoms with Gasteiger partial charge >= 0.3 is 5.97 Å². The van der Waals surface area contributed by atoms with Gasteiger partial charge in [0.1, 0.15) is 18.1 Å². The first kappa shape index (κ1) is 29.0. The lowest BCUT2D eigenvalue weighted by Gasteiger charge is -2.24. The van der Waals surface area contributed by atoms with Crippen LogP contribution in [0.25, 0.3) is 0 Å². The normalized spacial score (nSPS) is 14.0. The minimum absolute atomic E-state index is 0.0778. The third-order valence-corrected chi connectivity index (χ3v) is 4.79. The highest BCUT2D eigenvalue weighted by Crippen LogP contribution is 2.06. The Morgan fingerprint density at radius 2 is 1.34 bits per heavy atom. The van der Waals surface area contributed by atoms with Crippen LogP contribution in [0.1, 0.15) is 24.8 Å². The standard InChI is InChI=1S/C21H30N6O8/c22-12(6-7-16(23)29)18(31)27-15(10-28)20(33)25-13(8-11-4-2-1-3-5-11)19(32)26-14(21(34)35)9-17(24)30/h1-5,12-15,28H,6-10,22H2,(H2,23,29)(H2,24,30)(H,25,33)(H,26,32)(H,27,31)(H,34,35). The lowest BCUT2D eigenvalue weighted by Crippen LogP contribution is -2.58. The van der Waals surface area contributed by atoms with E-state index in [-0.39, 0.29) is 19.3 Å². The van der Waals surface area contributed by atoms with E-state index in [1.54, 1.807) is 30.3 Å². The van der Waals surface area contributed by atoms with Crippen LogP contribution >= 0.6 is 0 Å². The van der Waals surface area contributed by atoms with Crippen molar-refractivity contribution in [2.75, 3.05) is 6.61 Å². The molecule has 0 radical (unpaired) electrons. The van der Waals surface area contributed by atoms with Crippen molar-refractivity contribution in [3.8, 4) is 0 Å². The smallest absolute Gasteiger partial charge is 0.326 e. The molecule has 0 fully saturated rings. The highest BCUT2D eigenvalue weighted by molar-refractivity contribution is 5.95. The summed E-state index contributed by atoms with van der Waals surface area (Å²) in [6.07, 6.45) is -1.01. The zero-order chi connectivity index (χ0) is 26.5. The molecule has 0 aromatic heterocycles. The van der Waals surface area contributed by atoms with E-state index in [1.165, 1.54) is 0 Å². The van der Waals surface area contributed by atoms with E-state index in [4.69, 9.17) is 17.2 Å². The number of primary amides is 2. The first-order valence-corrected chi connectivity index (χ1v) is 10.6. The largest absolute Gasteiger partial charge is 0.480 e. The van der Waals surface area contributed by atoms with Crippen molar-refractivity contribution in [2.45, 2.75) is 49.9 Å². The number of nitrogens with one attached hydrogen (secondary N) is 3. The molecule has 0 spiro atoms. The zero-order valence-electron chi connectivity index (χ0n) is 18.8. The first-order valence-electron chi connectivity index (χ1n) is 10.6. The van der Waals surface area contributed by atoms with Crippen molar-refractivity contribution in [1.29, 1.82) is 0 Å². The summed E-state index contributed by atoms with van der Waals surface area (Å²) in [7, 11) is 0. The maximum atomic E-state index is 12.8. The summed E-state index contributed by atoms with van der Waals surface area (Å²) in [6.45, 7) is -0.848. The second-order valence-electron chi connectivity index (χ2n) is 7.68. The molecular weight excluding hydrogens is 464 g/mol. The summed E-state index contributed by atoms with van der Waals surface area (Å²) < 4.78 is 0. The van der Waals surface area contributed by atoms with Crippen molar-refractivity contribution in [1.82, 2.24) is 16.0 Å². The highest BCUT2D eigenvalue weighted by Gasteiger charge is 2.30. The molecule has 1 rings (SSSR count). The number of rotatable bonds is 15. The fraction of sp³-hybridized carbons (Fsp3) is 0.429. The Morgan fingerprint density at radius 3 is 1.86 bits per heavy atom. The van der Waals surface area contributed by atoms with Crippen LogP contribution in [0.3, 0.4) is 0 Å². The molecule has 192 valence electrons. The summed E-state index contributed by atoms with van der Waals surface area (Å²) in [5.41, 5.74) is 16.3. The van der Waals surface area contributed by atoms with Crippen molar-refractivity contribution in [3.63, 3.8) is 0 Å². The molecule has 1 aromatic carbocycles. The van der Waals surface area contributed by atoms with Gasteiger partial charge in [0.25, 0.3) is 0 Å². The van der Waals surface area contributed by atoms with Crippen LogP contribution in [-0.4, -0.2) is 76.5 Å². The van der Waals surface area contributed by atoms with E-state index in [1.807, 2.05) is 0 Å². The summed E-state index contributed by atoms with van der Waals surface area (Å²) in [5, 5.41) is 25.6. The van der Waals surface area contributed by atoms with Crippen molar-refractivity contribution in [2.24, 2.45) is 17.2 Å². The Hall–Kier alpha value is -4.04. The number of aliphatic carboxylic acids is 1. The van der Waals surface area contributed by atoms with Crippen LogP contribution in [0.15, 0.2) is 30.3 Å². The monoisotopic (exact) mass is 494 g/mol. The van der Waals surface area contributed by atoms with Crippen molar-refractivity contribution in [3.05, 3.63) is 35.9 Å². The number of carbonyl (C=O) groups excluding carboxylic acids is 5. The van der Waals surface area contributed by atoms with E-state index < -0.39 is 72.7 Å². The van der Waals surface area contributed by atoms with Crippen LogP contribution < -0.4 is 33.2 Å². The predicted octanol–water partition coefficient (Wildman–Crippen LogP) is -3.77. The van der Waals surface area contributed by atoms with Gasteiger partial charge in [-0.15, -0.1) is 0 Å². The third-order valence-electron chi connectivity index (χ3n) is 4.79. The second-order valence-corrected chi connectivity index (χ2v) is 7.68. The lowest BCUT2D eigenvalue weighted by atomic mass is 10.0. The molecule has 14 heteroatoms. The molecular formula is C21H30N6O8. The maximum Gasteiger partial charge on any atom is 0.326 e. The summed E-state index contributed by atoms with van der Waals surface area (Å²) in [6, 6.07) is 2.75. The van der Waals surface area contributed by atoms with Gasteiger partial charge in [-0.3, -0.25) is 24.0 Å². The Morgan fingerprint density at radius 1 is 0.800 bits per heavy atom. The average Bonchev–Trinajstić information content (AvgIpc) is 2.79. The van der Waals surface area contributed by atoms with Gasteiger partial charge in [-0.05, 0) is 12.0 Å². The van der Waals surface area contributed by atoms with Gasteiger partial charge in [-0.25, -0.2) is 4.79 Å². The number of hydrogen-bond donors (Lipinski definition) is 8. The van der Waals surface area contributed by atoms with Gasteiger partial charge in [0.2, 0.25) is 29.5 Å². The van der Waals surface area contributed by atoms with Crippen LogP contribution in [0, 0.1) is 0 Å². The Labute approximate surface area is 200 Å². The van der Waals surface area contributed by atoms with Crippen molar-refractivity contribution < 1.29 is 39.0 Å². The minimum Gasteiger partial charge on any atom is -0.480 e. The molecule has 0 aliphatic rings. The highest BCUT2D eigenvalue weighted by atomic mass is 16.4. The van der Waals surface area contributed by atoms with Crippen LogP contribution in [0.2, 0.25) is 0 Å². The van der Waals surface area contributed by atoms with Crippen molar-refractivity contribution >= 4 is 35.5 Å². The Bertz CT molecular complexity index is 926. The van der Waals surface area contributed by atoms with Gasteiger partial charge in [-0.1, -0.05) is 30.3 Å². The molecule has 11 N–H and O–H groups in total. The summed E-state index contributed by atoms with van der Waals surface area (Å²) in [4.78, 5) is 71.1. The first-order chi connectivity index (χ1) is 16.4. The zero-order valence-corrected chi connectivity index (χ0v) is 18.8. The number of nitrogens with two attached hydrogens (primary N) is 3. The number of carboxylic acids is 1. The molecule has 14 nitrogen and oxygen atoms in total. The number of benzene rings is 1. The topological polar surface area (TPSA) is 257 Å². The van der Waals surface area contributed by atoms with Gasteiger partial charge in [-0.2, -0.15) is 0 Å².